The van der Waals surface area contributed by atoms with Crippen LogP contribution in [0.4, 0.5) is 0 Å². The Morgan fingerprint density at radius 2 is 2.07 bits per heavy atom. The molecule has 1 amide bonds. The van der Waals surface area contributed by atoms with Crippen LogP contribution in [0.2, 0.25) is 0 Å². The van der Waals surface area contributed by atoms with Crippen LogP contribution in [0.3, 0.4) is 0 Å². The van der Waals surface area contributed by atoms with Gasteiger partial charge in [-0.1, -0.05) is 18.0 Å². The predicted octanol–water partition coefficient (Wildman–Crippen LogP) is 3.79. The lowest BCUT2D eigenvalue weighted by atomic mass is 10.1. The highest BCUT2D eigenvalue weighted by molar-refractivity contribution is 6.06. The number of furan rings is 1. The van der Waals surface area contributed by atoms with Gasteiger partial charge in [0.1, 0.15) is 5.69 Å². The van der Waals surface area contributed by atoms with Crippen LogP contribution in [0.5, 0.6) is 0 Å². The van der Waals surface area contributed by atoms with Crippen molar-refractivity contribution in [2.24, 2.45) is 0 Å². The Balaban J connectivity index is 1.45. The molecule has 1 aliphatic rings. The van der Waals surface area contributed by atoms with Crippen LogP contribution in [-0.2, 0) is 0 Å². The van der Waals surface area contributed by atoms with Gasteiger partial charge in [0.2, 0.25) is 0 Å². The summed E-state index contributed by atoms with van der Waals surface area (Å²) in [4.78, 5) is 19.8. The van der Waals surface area contributed by atoms with Gasteiger partial charge in [-0.2, -0.15) is 0 Å². The molecule has 1 saturated heterocycles. The monoisotopic (exact) mass is 382 g/mol. The second-order valence-corrected chi connectivity index (χ2v) is 7.35. The van der Waals surface area contributed by atoms with Crippen molar-refractivity contribution in [3.8, 4) is 11.5 Å². The van der Waals surface area contributed by atoms with E-state index in [-0.39, 0.29) is 5.91 Å². The Morgan fingerprint density at radius 3 is 2.82 bits per heavy atom. The minimum absolute atomic E-state index is 0.137. The van der Waals surface area contributed by atoms with Gasteiger partial charge in [0.15, 0.2) is 5.76 Å². The predicted molar refractivity (Wildman–Crippen MR) is 106 cm³/mol. The molecule has 1 N–H and O–H groups in total. The molecule has 0 atom stereocenters. The highest BCUT2D eigenvalue weighted by Crippen LogP contribution is 2.27. The standard InChI is InChI=1S/C21H26N4O3/c1-15-19-16(14-17(18-8-6-13-27-18)23-21(19)28-24-15)20(26)22-9-7-12-25-10-4-2-3-5-11-25/h6,8,13-14H,2-5,7,9-12H2,1H3,(H,22,26). The Hall–Kier alpha value is -2.67. The average Bonchev–Trinajstić information content (AvgIpc) is 3.29. The molecule has 7 nitrogen and oxygen atoms in total. The lowest BCUT2D eigenvalue weighted by molar-refractivity contribution is 0.0953. The zero-order valence-corrected chi connectivity index (χ0v) is 16.2. The number of rotatable bonds is 6. The number of carbonyl (C=O) groups excluding carboxylic acids is 1. The topological polar surface area (TPSA) is 84.4 Å². The summed E-state index contributed by atoms with van der Waals surface area (Å²) < 4.78 is 10.7. The smallest absolute Gasteiger partial charge is 0.259 e. The van der Waals surface area contributed by atoms with Gasteiger partial charge >= 0.3 is 0 Å². The molecule has 28 heavy (non-hydrogen) atoms. The molecule has 0 unspecified atom stereocenters. The lowest BCUT2D eigenvalue weighted by Crippen LogP contribution is -2.30. The number of amides is 1. The summed E-state index contributed by atoms with van der Waals surface area (Å²) in [5.74, 6) is 0.452. The molecule has 0 saturated carbocycles. The Bertz CT molecular complexity index is 925. The van der Waals surface area contributed by atoms with Gasteiger partial charge < -0.3 is 19.2 Å². The molecule has 0 radical (unpaired) electrons. The maximum absolute atomic E-state index is 12.9. The molecule has 3 aromatic rings. The second kappa shape index (κ2) is 8.56. The quantitative estimate of drug-likeness (QED) is 0.653. The molecule has 7 heteroatoms. The molecule has 0 bridgehead atoms. The first-order valence-corrected chi connectivity index (χ1v) is 10.0. The third kappa shape index (κ3) is 4.09. The van der Waals surface area contributed by atoms with Crippen LogP contribution in [0.15, 0.2) is 33.4 Å². The van der Waals surface area contributed by atoms with E-state index >= 15 is 0 Å². The van der Waals surface area contributed by atoms with Gasteiger partial charge in [-0.15, -0.1) is 0 Å². The molecule has 148 valence electrons. The maximum Gasteiger partial charge on any atom is 0.259 e. The van der Waals surface area contributed by atoms with E-state index in [4.69, 9.17) is 8.94 Å². The van der Waals surface area contributed by atoms with Gasteiger partial charge in [0.25, 0.3) is 11.6 Å². The number of fused-ring (bicyclic) bond motifs is 1. The first-order valence-electron chi connectivity index (χ1n) is 10.0. The SMILES string of the molecule is Cc1noc2nc(-c3ccco3)cc(C(=O)NCCCN3CCCCCC3)c12. The van der Waals surface area contributed by atoms with Gasteiger partial charge in [-0.3, -0.25) is 4.79 Å². The van der Waals surface area contributed by atoms with Crippen molar-refractivity contribution in [2.45, 2.75) is 39.0 Å². The van der Waals surface area contributed by atoms with Crippen molar-refractivity contribution in [1.29, 1.82) is 0 Å². The zero-order chi connectivity index (χ0) is 19.3. The number of nitrogens with zero attached hydrogens (tertiary/aromatic N) is 3. The first-order chi connectivity index (χ1) is 13.7. The van der Waals surface area contributed by atoms with Gasteiger partial charge in [-0.25, -0.2) is 4.98 Å². The molecular weight excluding hydrogens is 356 g/mol. The number of nitrogens with one attached hydrogen (secondary N) is 1. The minimum atomic E-state index is -0.137. The second-order valence-electron chi connectivity index (χ2n) is 7.35. The van der Waals surface area contributed by atoms with Crippen molar-refractivity contribution in [3.05, 3.63) is 35.7 Å². The highest BCUT2D eigenvalue weighted by Gasteiger charge is 2.20. The summed E-state index contributed by atoms with van der Waals surface area (Å²) in [6.45, 7) is 5.82. The molecule has 0 aliphatic carbocycles. The van der Waals surface area contributed by atoms with E-state index in [1.807, 2.05) is 6.92 Å². The Morgan fingerprint density at radius 1 is 1.25 bits per heavy atom. The summed E-state index contributed by atoms with van der Waals surface area (Å²) in [6, 6.07) is 5.34. The number of carbonyl (C=O) groups is 1. The molecule has 3 aromatic heterocycles. The van der Waals surface area contributed by atoms with Crippen molar-refractivity contribution in [2.75, 3.05) is 26.2 Å². The molecule has 1 aliphatic heterocycles. The Kier molecular flexibility index (Phi) is 5.71. The van der Waals surface area contributed by atoms with Crippen LogP contribution in [0.1, 0.15) is 48.2 Å². The van der Waals surface area contributed by atoms with E-state index in [1.54, 1.807) is 24.5 Å². The van der Waals surface area contributed by atoms with E-state index in [0.29, 0.717) is 40.4 Å². The lowest BCUT2D eigenvalue weighted by Gasteiger charge is -2.19. The van der Waals surface area contributed by atoms with E-state index in [0.717, 1.165) is 13.0 Å². The maximum atomic E-state index is 12.9. The Labute approximate surface area is 164 Å². The van der Waals surface area contributed by atoms with Crippen molar-refractivity contribution in [3.63, 3.8) is 0 Å². The number of pyridine rings is 1. The van der Waals surface area contributed by atoms with Crippen LogP contribution in [0.25, 0.3) is 22.6 Å². The largest absolute Gasteiger partial charge is 0.463 e. The number of hydrogen-bond donors (Lipinski definition) is 1. The van der Waals surface area contributed by atoms with Gasteiger partial charge in [0, 0.05) is 6.54 Å². The molecule has 4 rings (SSSR count). The third-order valence-corrected chi connectivity index (χ3v) is 5.27. The zero-order valence-electron chi connectivity index (χ0n) is 16.2. The summed E-state index contributed by atoms with van der Waals surface area (Å²) in [6.07, 6.45) is 7.75. The normalized spacial score (nSPS) is 15.6. The summed E-state index contributed by atoms with van der Waals surface area (Å²) in [5, 5.41) is 7.67. The molecule has 0 spiro atoms. The first kappa shape index (κ1) is 18.7. The number of hydrogen-bond acceptors (Lipinski definition) is 6. The molecule has 1 fully saturated rings. The highest BCUT2D eigenvalue weighted by atomic mass is 16.5. The minimum Gasteiger partial charge on any atom is -0.463 e. The number of likely N-dealkylation sites (tertiary alicyclic amines) is 1. The summed E-state index contributed by atoms with van der Waals surface area (Å²) in [7, 11) is 0. The number of aromatic nitrogens is 2. The van der Waals surface area contributed by atoms with Crippen LogP contribution >= 0.6 is 0 Å². The van der Waals surface area contributed by atoms with E-state index in [9.17, 15) is 4.79 Å². The van der Waals surface area contributed by atoms with Crippen molar-refractivity contribution < 1.29 is 13.7 Å². The van der Waals surface area contributed by atoms with Crippen molar-refractivity contribution in [1.82, 2.24) is 20.4 Å². The number of aryl methyl sites for hydroxylation is 1. The molecular formula is C21H26N4O3. The fraction of sp³-hybridized carbons (Fsp3) is 0.476. The van der Waals surface area contributed by atoms with E-state index < -0.39 is 0 Å². The summed E-state index contributed by atoms with van der Waals surface area (Å²) >= 11 is 0. The fourth-order valence-electron chi connectivity index (χ4n) is 3.78. The molecule has 4 heterocycles. The molecule has 0 aromatic carbocycles. The van der Waals surface area contributed by atoms with Gasteiger partial charge in [-0.05, 0) is 64.0 Å². The average molecular weight is 382 g/mol. The van der Waals surface area contributed by atoms with Gasteiger partial charge in [0.05, 0.1) is 22.9 Å². The van der Waals surface area contributed by atoms with E-state index in [1.165, 1.54) is 38.8 Å². The van der Waals surface area contributed by atoms with Crippen LogP contribution in [-0.4, -0.2) is 47.1 Å². The summed E-state index contributed by atoms with van der Waals surface area (Å²) in [5.41, 5.74) is 2.08. The van der Waals surface area contributed by atoms with Crippen molar-refractivity contribution >= 4 is 17.0 Å². The van der Waals surface area contributed by atoms with E-state index in [2.05, 4.69) is 20.4 Å². The van der Waals surface area contributed by atoms with Crippen LogP contribution < -0.4 is 5.32 Å². The van der Waals surface area contributed by atoms with Crippen LogP contribution in [0, 0.1) is 6.92 Å². The fourth-order valence-corrected chi connectivity index (χ4v) is 3.78. The third-order valence-electron chi connectivity index (χ3n) is 5.27.